The van der Waals surface area contributed by atoms with Gasteiger partial charge >= 0.3 is 0 Å². The second-order valence-corrected chi connectivity index (χ2v) is 8.03. The zero-order valence-corrected chi connectivity index (χ0v) is 18.5. The van der Waals surface area contributed by atoms with E-state index in [1.807, 2.05) is 42.5 Å². The molecule has 0 aliphatic heterocycles. The van der Waals surface area contributed by atoms with Gasteiger partial charge in [-0.15, -0.1) is 0 Å². The SMILES string of the molecule is CCc1ccc(OCCn2c(COc3ccc(C(C)C)cc3)nc3ccccc32)cc1. The summed E-state index contributed by atoms with van der Waals surface area (Å²) < 4.78 is 14.2. The van der Waals surface area contributed by atoms with Gasteiger partial charge in [0.2, 0.25) is 0 Å². The van der Waals surface area contributed by atoms with E-state index in [0.717, 1.165) is 34.8 Å². The second-order valence-electron chi connectivity index (χ2n) is 8.03. The minimum atomic E-state index is 0.418. The fraction of sp³-hybridized carbons (Fsp3) is 0.296. The molecule has 1 aromatic heterocycles. The average Bonchev–Trinajstić information content (AvgIpc) is 3.16. The Kier molecular flexibility index (Phi) is 6.56. The minimum absolute atomic E-state index is 0.418. The van der Waals surface area contributed by atoms with Crippen molar-refractivity contribution in [2.24, 2.45) is 0 Å². The van der Waals surface area contributed by atoms with Crippen LogP contribution in [0.25, 0.3) is 11.0 Å². The van der Waals surface area contributed by atoms with Crippen LogP contribution in [0.3, 0.4) is 0 Å². The van der Waals surface area contributed by atoms with Gasteiger partial charge in [-0.05, 0) is 59.9 Å². The normalized spacial score (nSPS) is 11.2. The van der Waals surface area contributed by atoms with Crippen molar-refractivity contribution in [1.82, 2.24) is 9.55 Å². The molecule has 0 spiro atoms. The monoisotopic (exact) mass is 414 g/mol. The van der Waals surface area contributed by atoms with Crippen LogP contribution < -0.4 is 9.47 Å². The smallest absolute Gasteiger partial charge is 0.148 e. The fourth-order valence-electron chi connectivity index (χ4n) is 3.66. The predicted molar refractivity (Wildman–Crippen MR) is 126 cm³/mol. The summed E-state index contributed by atoms with van der Waals surface area (Å²) in [6.07, 6.45) is 1.03. The molecule has 0 unspecified atom stereocenters. The number of hydrogen-bond acceptors (Lipinski definition) is 3. The Labute approximate surface area is 184 Å². The Morgan fingerprint density at radius 1 is 0.839 bits per heavy atom. The maximum absolute atomic E-state index is 6.06. The maximum Gasteiger partial charge on any atom is 0.148 e. The van der Waals surface area contributed by atoms with Crippen molar-refractivity contribution in [2.75, 3.05) is 6.61 Å². The van der Waals surface area contributed by atoms with Gasteiger partial charge in [0.05, 0.1) is 17.6 Å². The van der Waals surface area contributed by atoms with E-state index >= 15 is 0 Å². The summed E-state index contributed by atoms with van der Waals surface area (Å²) >= 11 is 0. The van der Waals surface area contributed by atoms with Crippen molar-refractivity contribution in [2.45, 2.75) is 46.3 Å². The van der Waals surface area contributed by atoms with Crippen molar-refractivity contribution >= 4 is 11.0 Å². The number of rotatable bonds is 9. The summed E-state index contributed by atoms with van der Waals surface area (Å²) in [5.74, 6) is 3.16. The molecule has 160 valence electrons. The van der Waals surface area contributed by atoms with Gasteiger partial charge in [-0.25, -0.2) is 4.98 Å². The molecule has 0 radical (unpaired) electrons. The van der Waals surface area contributed by atoms with Crippen LogP contribution in [0.5, 0.6) is 11.5 Å². The number of aryl methyl sites for hydroxylation is 1. The number of para-hydroxylation sites is 2. The van der Waals surface area contributed by atoms with E-state index in [-0.39, 0.29) is 0 Å². The van der Waals surface area contributed by atoms with E-state index < -0.39 is 0 Å². The first kappa shape index (κ1) is 21.0. The van der Waals surface area contributed by atoms with Gasteiger partial charge in [0.1, 0.15) is 30.5 Å². The van der Waals surface area contributed by atoms with Crippen LogP contribution in [0.1, 0.15) is 43.6 Å². The summed E-state index contributed by atoms with van der Waals surface area (Å²) in [5.41, 5.74) is 4.70. The van der Waals surface area contributed by atoms with Gasteiger partial charge in [0, 0.05) is 0 Å². The summed E-state index contributed by atoms with van der Waals surface area (Å²) in [5, 5.41) is 0. The zero-order valence-electron chi connectivity index (χ0n) is 18.5. The Balaban J connectivity index is 1.46. The third kappa shape index (κ3) is 5.08. The van der Waals surface area contributed by atoms with Crippen LogP contribution in [0.4, 0.5) is 0 Å². The van der Waals surface area contributed by atoms with Crippen LogP contribution in [0.2, 0.25) is 0 Å². The first-order chi connectivity index (χ1) is 15.1. The molecule has 0 saturated heterocycles. The standard InChI is InChI=1S/C27H30N2O2/c1-4-21-9-13-23(14-10-21)30-18-17-29-26-8-6-5-7-25(26)28-27(29)19-31-24-15-11-22(12-16-24)20(2)3/h5-16,20H,4,17-19H2,1-3H3. The summed E-state index contributed by atoms with van der Waals surface area (Å²) in [6.45, 7) is 8.24. The molecular weight excluding hydrogens is 384 g/mol. The van der Waals surface area contributed by atoms with Crippen LogP contribution in [0, 0.1) is 0 Å². The lowest BCUT2D eigenvalue weighted by Crippen LogP contribution is -2.13. The second kappa shape index (κ2) is 9.69. The highest BCUT2D eigenvalue weighted by Gasteiger charge is 2.11. The van der Waals surface area contributed by atoms with E-state index in [9.17, 15) is 0 Å². The predicted octanol–water partition coefficient (Wildman–Crippen LogP) is 6.38. The number of fused-ring (bicyclic) bond motifs is 1. The summed E-state index contributed by atoms with van der Waals surface area (Å²) in [7, 11) is 0. The molecule has 4 heteroatoms. The van der Waals surface area contributed by atoms with Crippen LogP contribution >= 0.6 is 0 Å². The minimum Gasteiger partial charge on any atom is -0.492 e. The van der Waals surface area contributed by atoms with Crippen molar-refractivity contribution in [1.29, 1.82) is 0 Å². The molecule has 4 rings (SSSR count). The Morgan fingerprint density at radius 3 is 2.23 bits per heavy atom. The third-order valence-electron chi connectivity index (χ3n) is 5.56. The Morgan fingerprint density at radius 2 is 1.52 bits per heavy atom. The summed E-state index contributed by atoms with van der Waals surface area (Å²) in [4.78, 5) is 4.80. The quantitative estimate of drug-likeness (QED) is 0.319. The molecule has 4 nitrogen and oxygen atoms in total. The largest absolute Gasteiger partial charge is 0.492 e. The van der Waals surface area contributed by atoms with E-state index in [2.05, 4.69) is 55.7 Å². The van der Waals surface area contributed by atoms with Gasteiger partial charge in [0.25, 0.3) is 0 Å². The van der Waals surface area contributed by atoms with Crippen molar-refractivity contribution < 1.29 is 9.47 Å². The highest BCUT2D eigenvalue weighted by atomic mass is 16.5. The molecule has 0 bridgehead atoms. The molecule has 0 N–H and O–H groups in total. The Hall–Kier alpha value is -3.27. The van der Waals surface area contributed by atoms with Crippen LogP contribution in [-0.4, -0.2) is 16.2 Å². The van der Waals surface area contributed by atoms with Gasteiger partial charge in [0.15, 0.2) is 0 Å². The molecule has 4 aromatic rings. The van der Waals surface area contributed by atoms with Gasteiger partial charge < -0.3 is 14.0 Å². The van der Waals surface area contributed by atoms with Gasteiger partial charge in [-0.3, -0.25) is 0 Å². The van der Waals surface area contributed by atoms with Crippen molar-refractivity contribution in [3.8, 4) is 11.5 Å². The topological polar surface area (TPSA) is 36.3 Å². The lowest BCUT2D eigenvalue weighted by molar-refractivity contribution is 0.272. The molecule has 0 saturated carbocycles. The third-order valence-corrected chi connectivity index (χ3v) is 5.56. The number of nitrogens with zero attached hydrogens (tertiary/aromatic N) is 2. The number of imidazole rings is 1. The molecule has 31 heavy (non-hydrogen) atoms. The molecule has 0 aliphatic carbocycles. The molecule has 3 aromatic carbocycles. The van der Waals surface area contributed by atoms with Gasteiger partial charge in [-0.1, -0.05) is 57.2 Å². The van der Waals surface area contributed by atoms with Crippen LogP contribution in [-0.2, 0) is 19.6 Å². The highest BCUT2D eigenvalue weighted by Crippen LogP contribution is 2.21. The first-order valence-electron chi connectivity index (χ1n) is 11.0. The number of aromatic nitrogens is 2. The molecule has 1 heterocycles. The highest BCUT2D eigenvalue weighted by molar-refractivity contribution is 5.75. The Bertz CT molecular complexity index is 1110. The summed E-state index contributed by atoms with van der Waals surface area (Å²) in [6, 6.07) is 24.8. The maximum atomic E-state index is 6.06. The molecule has 0 aliphatic rings. The number of ether oxygens (including phenoxy) is 2. The van der Waals surface area contributed by atoms with Crippen molar-refractivity contribution in [3.05, 3.63) is 89.7 Å². The van der Waals surface area contributed by atoms with E-state index in [1.165, 1.54) is 11.1 Å². The molecular formula is C27H30N2O2. The van der Waals surface area contributed by atoms with Crippen LogP contribution in [0.15, 0.2) is 72.8 Å². The van der Waals surface area contributed by atoms with Crippen molar-refractivity contribution in [3.63, 3.8) is 0 Å². The van der Waals surface area contributed by atoms with Gasteiger partial charge in [-0.2, -0.15) is 0 Å². The molecule has 0 fully saturated rings. The van der Waals surface area contributed by atoms with E-state index in [0.29, 0.717) is 25.7 Å². The number of hydrogen-bond donors (Lipinski definition) is 0. The first-order valence-corrected chi connectivity index (χ1v) is 11.0. The fourth-order valence-corrected chi connectivity index (χ4v) is 3.66. The van der Waals surface area contributed by atoms with E-state index in [4.69, 9.17) is 14.5 Å². The zero-order chi connectivity index (χ0) is 21.6. The number of benzene rings is 3. The lowest BCUT2D eigenvalue weighted by Gasteiger charge is -2.12. The average molecular weight is 415 g/mol. The molecule has 0 amide bonds. The molecule has 0 atom stereocenters. The van der Waals surface area contributed by atoms with E-state index in [1.54, 1.807) is 0 Å². The lowest BCUT2D eigenvalue weighted by atomic mass is 10.0.